The minimum absolute atomic E-state index is 0.0974. The molecule has 0 fully saturated rings. The van der Waals surface area contributed by atoms with Crippen LogP contribution in [0, 0.1) is 0 Å². The van der Waals surface area contributed by atoms with Gasteiger partial charge in [-0.05, 0) is 13.9 Å². The Morgan fingerprint density at radius 3 is 2.75 bits per heavy atom. The number of hydrogen-bond acceptors (Lipinski definition) is 3. The number of hydrogen-bond donors (Lipinski definition) is 1. The van der Waals surface area contributed by atoms with E-state index in [1.54, 1.807) is 0 Å². The molecule has 0 aromatic heterocycles. The van der Waals surface area contributed by atoms with Crippen molar-refractivity contribution >= 4 is 54.2 Å². The average molecular weight is 281 g/mol. The van der Waals surface area contributed by atoms with E-state index >= 15 is 0 Å². The predicted octanol–water partition coefficient (Wildman–Crippen LogP) is 3.66. The molecular weight excluding hydrogens is 268 g/mol. The van der Waals surface area contributed by atoms with E-state index in [0.29, 0.717) is 14.6 Å². The summed E-state index contributed by atoms with van der Waals surface area (Å²) in [5.41, 5.74) is 5.73. The Morgan fingerprint density at radius 1 is 1.75 bits per heavy atom. The zero-order chi connectivity index (χ0) is 9.56. The Morgan fingerprint density at radius 2 is 2.33 bits per heavy atom. The van der Waals surface area contributed by atoms with Gasteiger partial charge in [0.05, 0.1) is 6.61 Å². The molecule has 0 bridgehead atoms. The van der Waals surface area contributed by atoms with E-state index in [0.717, 1.165) is 0 Å². The van der Waals surface area contributed by atoms with Crippen LogP contribution in [-0.4, -0.2) is 12.3 Å². The molecule has 0 radical (unpaired) electrons. The van der Waals surface area contributed by atoms with E-state index in [2.05, 4.69) is 17.9 Å². The first-order valence-corrected chi connectivity index (χ1v) is 13.7. The summed E-state index contributed by atoms with van der Waals surface area (Å²) in [7, 11) is 5.79. The van der Waals surface area contributed by atoms with E-state index in [9.17, 15) is 4.79 Å². The first kappa shape index (κ1) is 14.0. The Labute approximate surface area is 83.1 Å². The zero-order valence-electron chi connectivity index (χ0n) is 6.65. The number of nitrogens with two attached hydrogens (primary N) is 1. The topological polar surface area (TPSA) is 52.3 Å². The highest BCUT2D eigenvalue weighted by Crippen LogP contribution is 2.88. The molecule has 0 amide bonds. The van der Waals surface area contributed by atoms with Crippen molar-refractivity contribution in [3.05, 3.63) is 0 Å². The lowest BCUT2D eigenvalue weighted by atomic mass is 10.9. The average Bonchev–Trinajstić information content (AvgIpc) is 2.03. The first-order chi connectivity index (χ1) is 5.61. The number of carbonyl (C=O) groups is 1. The summed E-state index contributed by atoms with van der Waals surface area (Å²) >= 11 is 0. The van der Waals surface area contributed by atoms with E-state index in [-0.39, 0.29) is 21.0 Å². The maximum Gasteiger partial charge on any atom is 0.328 e. The molecule has 0 aliphatic heterocycles. The summed E-state index contributed by atoms with van der Waals surface area (Å²) in [6.07, 6.45) is 0. The lowest BCUT2D eigenvalue weighted by molar-refractivity contribution is 0.181. The van der Waals surface area contributed by atoms with Crippen LogP contribution in [-0.2, 0) is 4.74 Å². The van der Waals surface area contributed by atoms with Gasteiger partial charge in [0.25, 0.3) is 0 Å². The van der Waals surface area contributed by atoms with E-state index in [4.69, 9.17) is 10.2 Å². The minimum atomic E-state index is -0.453. The van der Waals surface area contributed by atoms with Crippen molar-refractivity contribution in [1.29, 1.82) is 0 Å². The van der Waals surface area contributed by atoms with Crippen LogP contribution in [0.4, 0.5) is 4.79 Å². The molecule has 12 heavy (non-hydrogen) atoms. The van der Waals surface area contributed by atoms with Crippen LogP contribution in [0.1, 0.15) is 6.92 Å². The second-order valence-corrected chi connectivity index (χ2v) is 19.8. The zero-order valence-corrected chi connectivity index (χ0v) is 12.7. The Kier molecular flexibility index (Phi) is 9.72. The standard InChI is InChI=1S/C3H13NO2P6/c1-2-6-3(5)9-12(8)11(4)10-7/h9-10H,2,4,7-8H2,1H3. The molecule has 6 unspecified atom stereocenters. The van der Waals surface area contributed by atoms with Crippen LogP contribution in [0.2, 0.25) is 0 Å². The summed E-state index contributed by atoms with van der Waals surface area (Å²) in [4.78, 5) is 11.0. The fourth-order valence-corrected chi connectivity index (χ4v) is 21.0. The lowest BCUT2D eigenvalue weighted by Crippen LogP contribution is -1.92. The van der Waals surface area contributed by atoms with Gasteiger partial charge in [-0.25, -0.2) is 4.79 Å². The summed E-state index contributed by atoms with van der Waals surface area (Å²) in [6.45, 7) is 1.89. The van der Waals surface area contributed by atoms with Crippen LogP contribution in [0.25, 0.3) is 0 Å². The fraction of sp³-hybridized carbons (Fsp3) is 0.667. The SMILES string of the molecule is CCOC(=O)PP(P)P(N)PP. The molecule has 72 valence electrons. The Bertz CT molecular complexity index is 145. The fourth-order valence-electron chi connectivity index (χ4n) is 0.373. The van der Waals surface area contributed by atoms with Gasteiger partial charge in [-0.3, -0.25) is 0 Å². The molecule has 0 aromatic rings. The van der Waals surface area contributed by atoms with Gasteiger partial charge >= 0.3 is 5.71 Å². The second kappa shape index (κ2) is 8.33. The van der Waals surface area contributed by atoms with Crippen molar-refractivity contribution in [1.82, 2.24) is 0 Å². The first-order valence-electron chi connectivity index (χ1n) is 3.11. The maximum absolute atomic E-state index is 11.0. The van der Waals surface area contributed by atoms with Crippen molar-refractivity contribution < 1.29 is 9.53 Å². The van der Waals surface area contributed by atoms with Gasteiger partial charge in [0.15, 0.2) is 0 Å². The van der Waals surface area contributed by atoms with Gasteiger partial charge in [-0.15, -0.1) is 17.9 Å². The van der Waals surface area contributed by atoms with Crippen molar-refractivity contribution in [3.63, 3.8) is 0 Å². The summed E-state index contributed by atoms with van der Waals surface area (Å²) in [5.74, 6) is 0. The van der Waals surface area contributed by atoms with Gasteiger partial charge in [0.1, 0.15) is 0 Å². The molecule has 0 rings (SSSR count). The molecule has 9 heteroatoms. The Hall–Kier alpha value is 2.01. The van der Waals surface area contributed by atoms with Gasteiger partial charge in [0.2, 0.25) is 0 Å². The highest BCUT2D eigenvalue weighted by molar-refractivity contribution is 8.90. The monoisotopic (exact) mass is 281 g/mol. The third-order valence-corrected chi connectivity index (χ3v) is 23.1. The van der Waals surface area contributed by atoms with Crippen molar-refractivity contribution in [2.24, 2.45) is 5.50 Å². The van der Waals surface area contributed by atoms with Gasteiger partial charge in [0, 0.05) is 15.7 Å². The van der Waals surface area contributed by atoms with E-state index in [1.807, 2.05) is 6.92 Å². The quantitative estimate of drug-likeness (QED) is 0.782. The molecule has 0 aromatic carbocycles. The van der Waals surface area contributed by atoms with Crippen molar-refractivity contribution in [3.8, 4) is 0 Å². The van der Waals surface area contributed by atoms with Crippen LogP contribution in [0.15, 0.2) is 0 Å². The van der Waals surface area contributed by atoms with Gasteiger partial charge in [-0.1, -0.05) is 7.96 Å². The molecule has 0 aliphatic rings. The number of rotatable bonds is 5. The molecule has 0 aliphatic carbocycles. The molecule has 0 saturated carbocycles. The van der Waals surface area contributed by atoms with Crippen molar-refractivity contribution in [2.75, 3.05) is 6.61 Å². The summed E-state index contributed by atoms with van der Waals surface area (Å²) < 4.78 is 4.83. The highest BCUT2D eigenvalue weighted by atomic mass is 32.9. The van der Waals surface area contributed by atoms with Crippen molar-refractivity contribution in [2.45, 2.75) is 6.92 Å². The third-order valence-electron chi connectivity index (χ3n) is 0.846. The maximum atomic E-state index is 11.0. The number of carbonyl (C=O) groups excluding carboxylic acids is 1. The Balaban J connectivity index is 3.67. The highest BCUT2D eigenvalue weighted by Gasteiger charge is 2.15. The number of ether oxygens (including phenoxy) is 1. The molecule has 6 atom stereocenters. The van der Waals surface area contributed by atoms with E-state index in [1.165, 1.54) is 0 Å². The third kappa shape index (κ3) is 6.46. The largest absolute Gasteiger partial charge is 0.463 e. The molecule has 0 heterocycles. The van der Waals surface area contributed by atoms with Crippen LogP contribution < -0.4 is 5.50 Å². The van der Waals surface area contributed by atoms with E-state index < -0.39 is 7.45 Å². The predicted molar refractivity (Wildman–Crippen MR) is 71.1 cm³/mol. The molecule has 0 saturated heterocycles. The molecule has 0 spiro atoms. The molecule has 3 nitrogen and oxygen atoms in total. The second-order valence-electron chi connectivity index (χ2n) is 1.65. The van der Waals surface area contributed by atoms with Crippen LogP contribution >= 0.6 is 48.5 Å². The van der Waals surface area contributed by atoms with Gasteiger partial charge < -0.3 is 10.2 Å². The minimum Gasteiger partial charge on any atom is -0.463 e. The lowest BCUT2D eigenvalue weighted by Gasteiger charge is -2.16. The molecule has 2 N–H and O–H groups in total. The summed E-state index contributed by atoms with van der Waals surface area (Å²) in [6, 6.07) is 0. The normalized spacial score (nSPS) is 17.3. The van der Waals surface area contributed by atoms with Gasteiger partial charge in [-0.2, -0.15) is 0 Å². The summed E-state index contributed by atoms with van der Waals surface area (Å²) in [5, 5.41) is 0. The molecular formula is C3H13NO2P6. The van der Waals surface area contributed by atoms with Crippen LogP contribution in [0.3, 0.4) is 0 Å². The van der Waals surface area contributed by atoms with Crippen LogP contribution in [0.5, 0.6) is 0 Å². The smallest absolute Gasteiger partial charge is 0.328 e.